The average Bonchev–Trinajstić information content (AvgIpc) is 2.11. The van der Waals surface area contributed by atoms with E-state index >= 15 is 0 Å². The van der Waals surface area contributed by atoms with Crippen molar-refractivity contribution in [2.45, 2.75) is 38.9 Å². The second-order valence-corrected chi connectivity index (χ2v) is 3.82. The van der Waals surface area contributed by atoms with Gasteiger partial charge in [0, 0.05) is 0 Å². The Balaban J connectivity index is 4.99. The molecule has 0 fully saturated rings. The molecule has 0 saturated heterocycles. The van der Waals surface area contributed by atoms with Crippen molar-refractivity contribution in [3.05, 3.63) is 0 Å². The summed E-state index contributed by atoms with van der Waals surface area (Å²) in [6.45, 7) is 2.95. The largest absolute Gasteiger partial charge is 0.481 e. The molecule has 0 rings (SSSR count). The van der Waals surface area contributed by atoms with Crippen molar-refractivity contribution in [3.8, 4) is 0 Å². The SMILES string of the molecule is CCCC(O)C(C(=O)O)C(C(=O)O)C(C)O. The molecular weight excluding hydrogens is 216 g/mol. The minimum Gasteiger partial charge on any atom is -0.481 e. The predicted molar refractivity (Wildman–Crippen MR) is 54.8 cm³/mol. The highest BCUT2D eigenvalue weighted by atomic mass is 16.4. The molecule has 0 aliphatic heterocycles. The molecule has 6 heteroatoms. The van der Waals surface area contributed by atoms with E-state index in [0.717, 1.165) is 0 Å². The third kappa shape index (κ3) is 3.79. The van der Waals surface area contributed by atoms with Crippen LogP contribution in [-0.2, 0) is 9.59 Å². The van der Waals surface area contributed by atoms with Gasteiger partial charge in [0.1, 0.15) is 0 Å². The summed E-state index contributed by atoms with van der Waals surface area (Å²) in [6, 6.07) is 0. The zero-order chi connectivity index (χ0) is 12.9. The standard InChI is InChI=1S/C10H18O6/c1-3-4-6(12)8(10(15)16)7(5(2)11)9(13)14/h5-8,11-12H,3-4H2,1-2H3,(H,13,14)(H,15,16). The molecule has 4 atom stereocenters. The molecule has 0 aromatic rings. The van der Waals surface area contributed by atoms with E-state index in [1.54, 1.807) is 6.92 Å². The van der Waals surface area contributed by atoms with Crippen LogP contribution >= 0.6 is 0 Å². The molecule has 16 heavy (non-hydrogen) atoms. The third-order valence-electron chi connectivity index (χ3n) is 2.48. The zero-order valence-corrected chi connectivity index (χ0v) is 9.33. The number of carbonyl (C=O) groups is 2. The minimum absolute atomic E-state index is 0.188. The van der Waals surface area contributed by atoms with Gasteiger partial charge in [-0.25, -0.2) is 0 Å². The lowest BCUT2D eigenvalue weighted by Crippen LogP contribution is -2.43. The minimum atomic E-state index is -1.50. The Hall–Kier alpha value is -1.14. The molecule has 4 N–H and O–H groups in total. The molecule has 94 valence electrons. The normalized spacial score (nSPS) is 18.5. The molecule has 6 nitrogen and oxygen atoms in total. The monoisotopic (exact) mass is 234 g/mol. The molecule has 4 unspecified atom stereocenters. The summed E-state index contributed by atoms with van der Waals surface area (Å²) in [5.41, 5.74) is 0. The smallest absolute Gasteiger partial charge is 0.310 e. The van der Waals surface area contributed by atoms with E-state index in [0.29, 0.717) is 6.42 Å². The summed E-state index contributed by atoms with van der Waals surface area (Å²) in [4.78, 5) is 21.8. The topological polar surface area (TPSA) is 115 Å². The molecule has 0 aromatic carbocycles. The summed E-state index contributed by atoms with van der Waals surface area (Å²) in [6.07, 6.45) is -1.87. The zero-order valence-electron chi connectivity index (χ0n) is 9.33. The Labute approximate surface area is 93.5 Å². The van der Waals surface area contributed by atoms with Crippen molar-refractivity contribution in [2.24, 2.45) is 11.8 Å². The van der Waals surface area contributed by atoms with Gasteiger partial charge in [-0.3, -0.25) is 9.59 Å². The third-order valence-corrected chi connectivity index (χ3v) is 2.48. The van der Waals surface area contributed by atoms with Gasteiger partial charge in [-0.05, 0) is 13.3 Å². The van der Waals surface area contributed by atoms with Crippen LogP contribution in [0, 0.1) is 11.8 Å². The van der Waals surface area contributed by atoms with Gasteiger partial charge in [0.2, 0.25) is 0 Å². The van der Waals surface area contributed by atoms with Gasteiger partial charge in [-0.2, -0.15) is 0 Å². The van der Waals surface area contributed by atoms with Crippen molar-refractivity contribution in [2.75, 3.05) is 0 Å². The van der Waals surface area contributed by atoms with Crippen molar-refractivity contribution < 1.29 is 30.0 Å². The van der Waals surface area contributed by atoms with Crippen molar-refractivity contribution >= 4 is 11.9 Å². The highest BCUT2D eigenvalue weighted by Crippen LogP contribution is 2.23. The first-order valence-corrected chi connectivity index (χ1v) is 5.14. The molecule has 0 aliphatic rings. The molecule has 0 aromatic heterocycles. The Morgan fingerprint density at radius 3 is 1.75 bits per heavy atom. The number of hydrogen-bond donors (Lipinski definition) is 4. The summed E-state index contributed by atoms with van der Waals surface area (Å²) in [5, 5.41) is 36.6. The summed E-state index contributed by atoms with van der Waals surface area (Å²) in [7, 11) is 0. The van der Waals surface area contributed by atoms with Crippen LogP contribution in [0.2, 0.25) is 0 Å². The van der Waals surface area contributed by atoms with E-state index in [2.05, 4.69) is 0 Å². The maximum atomic E-state index is 10.9. The number of carboxylic acid groups (broad SMARTS) is 2. The lowest BCUT2D eigenvalue weighted by molar-refractivity contribution is -0.163. The first-order valence-electron chi connectivity index (χ1n) is 5.14. The summed E-state index contributed by atoms with van der Waals surface area (Å²) < 4.78 is 0. The second-order valence-electron chi connectivity index (χ2n) is 3.82. The Kier molecular flexibility index (Phi) is 5.98. The number of aliphatic hydroxyl groups excluding tert-OH is 2. The van der Waals surface area contributed by atoms with Gasteiger partial charge in [0.05, 0.1) is 24.0 Å². The van der Waals surface area contributed by atoms with Crippen LogP contribution in [0.15, 0.2) is 0 Å². The van der Waals surface area contributed by atoms with Gasteiger partial charge in [0.25, 0.3) is 0 Å². The predicted octanol–water partition coefficient (Wildman–Crippen LogP) is -0.0702. The number of hydrogen-bond acceptors (Lipinski definition) is 4. The van der Waals surface area contributed by atoms with E-state index in [9.17, 15) is 19.8 Å². The van der Waals surface area contributed by atoms with E-state index in [4.69, 9.17) is 10.2 Å². The van der Waals surface area contributed by atoms with Crippen LogP contribution < -0.4 is 0 Å². The quantitative estimate of drug-likeness (QED) is 0.490. The summed E-state index contributed by atoms with van der Waals surface area (Å²) in [5.74, 6) is -5.82. The average molecular weight is 234 g/mol. The molecule has 0 aliphatic carbocycles. The van der Waals surface area contributed by atoms with Crippen LogP contribution in [0.1, 0.15) is 26.7 Å². The Bertz CT molecular complexity index is 250. The van der Waals surface area contributed by atoms with Crippen LogP contribution in [0.5, 0.6) is 0 Å². The Morgan fingerprint density at radius 1 is 1.06 bits per heavy atom. The number of aliphatic hydroxyl groups is 2. The molecule has 0 bridgehead atoms. The van der Waals surface area contributed by atoms with Crippen LogP contribution in [0.25, 0.3) is 0 Å². The molecule has 0 spiro atoms. The maximum Gasteiger partial charge on any atom is 0.310 e. The van der Waals surface area contributed by atoms with E-state index in [-0.39, 0.29) is 6.42 Å². The second kappa shape index (κ2) is 6.44. The van der Waals surface area contributed by atoms with Crippen molar-refractivity contribution in [1.29, 1.82) is 0 Å². The molecule has 0 amide bonds. The lowest BCUT2D eigenvalue weighted by Gasteiger charge is -2.26. The first-order chi connectivity index (χ1) is 7.32. The first kappa shape index (κ1) is 14.9. The fourth-order valence-corrected chi connectivity index (χ4v) is 1.69. The highest BCUT2D eigenvalue weighted by molar-refractivity contribution is 5.80. The lowest BCUT2D eigenvalue weighted by atomic mass is 9.82. The van der Waals surface area contributed by atoms with Gasteiger partial charge in [0.15, 0.2) is 0 Å². The molecular formula is C10H18O6. The van der Waals surface area contributed by atoms with E-state index < -0.39 is 36.0 Å². The Morgan fingerprint density at radius 2 is 1.50 bits per heavy atom. The molecule has 0 radical (unpaired) electrons. The van der Waals surface area contributed by atoms with E-state index in [1.807, 2.05) is 0 Å². The highest BCUT2D eigenvalue weighted by Gasteiger charge is 2.41. The summed E-state index contributed by atoms with van der Waals surface area (Å²) >= 11 is 0. The van der Waals surface area contributed by atoms with Crippen LogP contribution in [0.4, 0.5) is 0 Å². The molecule has 0 heterocycles. The van der Waals surface area contributed by atoms with Gasteiger partial charge in [-0.15, -0.1) is 0 Å². The van der Waals surface area contributed by atoms with Crippen molar-refractivity contribution in [3.63, 3.8) is 0 Å². The molecule has 0 saturated carbocycles. The van der Waals surface area contributed by atoms with E-state index in [1.165, 1.54) is 6.92 Å². The van der Waals surface area contributed by atoms with Gasteiger partial charge in [-0.1, -0.05) is 13.3 Å². The van der Waals surface area contributed by atoms with Gasteiger partial charge >= 0.3 is 11.9 Å². The fourth-order valence-electron chi connectivity index (χ4n) is 1.69. The van der Waals surface area contributed by atoms with Crippen LogP contribution in [0.3, 0.4) is 0 Å². The number of aliphatic carboxylic acids is 2. The maximum absolute atomic E-state index is 10.9. The number of rotatable bonds is 7. The van der Waals surface area contributed by atoms with Crippen LogP contribution in [-0.4, -0.2) is 44.6 Å². The number of carboxylic acids is 2. The van der Waals surface area contributed by atoms with Crippen molar-refractivity contribution in [1.82, 2.24) is 0 Å². The fraction of sp³-hybridized carbons (Fsp3) is 0.800. The van der Waals surface area contributed by atoms with Gasteiger partial charge < -0.3 is 20.4 Å².